The van der Waals surface area contributed by atoms with Gasteiger partial charge < -0.3 is 172 Å². The van der Waals surface area contributed by atoms with Crippen LogP contribution in [0.4, 0.5) is 0 Å². The summed E-state index contributed by atoms with van der Waals surface area (Å²) in [4.78, 5) is 13.2. The Bertz CT molecular complexity index is 2140. The zero-order chi connectivity index (χ0) is 62.6. The van der Waals surface area contributed by atoms with Gasteiger partial charge in [0.05, 0.1) is 50.8 Å². The van der Waals surface area contributed by atoms with Crippen molar-refractivity contribution in [3.05, 3.63) is 0 Å². The molecular weight excluding hydrogens is 1160 g/mol. The second kappa shape index (κ2) is 27.9. The van der Waals surface area contributed by atoms with Gasteiger partial charge in [-0.05, 0) is 41.5 Å². The predicted molar refractivity (Wildman–Crippen MR) is 261 cm³/mol. The molecule has 8 aliphatic rings. The second-order valence-electron chi connectivity index (χ2n) is 22.5. The Morgan fingerprint density at radius 1 is 0.518 bits per heavy atom. The minimum Gasteiger partial charge on any atom is -0.479 e. The Hall–Kier alpha value is -1.89. The number of carboxylic acids is 1. The van der Waals surface area contributed by atoms with Crippen LogP contribution < -0.4 is 0 Å². The Kier molecular flexibility index (Phi) is 22.7. The van der Waals surface area contributed by atoms with E-state index < -0.39 is 259 Å². The van der Waals surface area contributed by atoms with Crippen LogP contribution in [0.5, 0.6) is 0 Å². The number of ether oxygens (including phenoxy) is 17. The number of aliphatic hydroxyl groups excluding tert-OH is 16. The van der Waals surface area contributed by atoms with Crippen LogP contribution in [0.15, 0.2) is 0 Å². The van der Waals surface area contributed by atoms with E-state index in [1.807, 2.05) is 0 Å². The van der Waals surface area contributed by atoms with Gasteiger partial charge in [-0.2, -0.15) is 0 Å². The van der Waals surface area contributed by atoms with Gasteiger partial charge >= 0.3 is 5.97 Å². The van der Waals surface area contributed by atoms with Crippen molar-refractivity contribution in [2.75, 3.05) is 33.5 Å². The Labute approximate surface area is 484 Å². The van der Waals surface area contributed by atoms with Crippen molar-refractivity contribution < 1.29 is 177 Å². The molecule has 36 nitrogen and oxygen atoms in total. The number of carboxylic acid groups (broad SMARTS) is 1. The highest BCUT2D eigenvalue weighted by atomic mass is 16.8. The second-order valence-corrected chi connectivity index (χ2v) is 22.5. The molecule has 0 amide bonds. The zero-order valence-corrected chi connectivity index (χ0v) is 46.9. The molecule has 8 aliphatic heterocycles. The van der Waals surface area contributed by atoms with E-state index in [0.29, 0.717) is 0 Å². The average Bonchev–Trinajstić information content (AvgIpc) is 2.48. The average molecular weight is 1250 g/mol. The first kappa shape index (κ1) is 69.0. The molecule has 0 bridgehead atoms. The largest absolute Gasteiger partial charge is 0.479 e. The first-order valence-corrected chi connectivity index (χ1v) is 27.6. The molecule has 8 saturated heterocycles. The molecule has 85 heavy (non-hydrogen) atoms. The summed E-state index contributed by atoms with van der Waals surface area (Å²) >= 11 is 0. The number of methoxy groups -OCH3 is 1. The van der Waals surface area contributed by atoms with Crippen LogP contribution in [0.25, 0.3) is 0 Å². The molecule has 494 valence electrons. The summed E-state index contributed by atoms with van der Waals surface area (Å²) in [5.74, 6) is -2.01. The molecule has 36 heteroatoms. The molecule has 0 saturated carbocycles. The highest BCUT2D eigenvalue weighted by Crippen LogP contribution is 2.43. The number of aliphatic carboxylic acids is 1. The highest BCUT2D eigenvalue weighted by molar-refractivity contribution is 5.79. The molecule has 0 spiro atoms. The van der Waals surface area contributed by atoms with Gasteiger partial charge in [0.15, 0.2) is 62.7 Å². The molecule has 0 radical (unpaired) electrons. The maximum Gasteiger partial charge on any atom is 0.341 e. The Morgan fingerprint density at radius 2 is 1.02 bits per heavy atom. The molecule has 0 aromatic heterocycles. The van der Waals surface area contributed by atoms with Crippen molar-refractivity contribution in [3.8, 4) is 0 Å². The highest BCUT2D eigenvalue weighted by Gasteiger charge is 2.66. The molecule has 18 N–H and O–H groups in total. The van der Waals surface area contributed by atoms with Crippen LogP contribution in [0, 0.1) is 0 Å². The third-order valence-corrected chi connectivity index (χ3v) is 16.6. The van der Waals surface area contributed by atoms with Crippen LogP contribution in [-0.2, 0) is 85.3 Å². The van der Waals surface area contributed by atoms with Crippen molar-refractivity contribution in [3.63, 3.8) is 0 Å². The zero-order valence-electron chi connectivity index (χ0n) is 46.9. The number of rotatable bonds is 20. The van der Waals surface area contributed by atoms with Gasteiger partial charge in [0.2, 0.25) is 5.60 Å². The van der Waals surface area contributed by atoms with Crippen LogP contribution in [-0.4, -0.2) is 358 Å². The molecule has 0 aromatic rings. The van der Waals surface area contributed by atoms with Crippen molar-refractivity contribution in [1.82, 2.24) is 0 Å². The van der Waals surface area contributed by atoms with Crippen LogP contribution in [0.1, 0.15) is 41.5 Å². The lowest BCUT2D eigenvalue weighted by Crippen LogP contribution is -2.68. The molecule has 0 unspecified atom stereocenters. The summed E-state index contributed by atoms with van der Waals surface area (Å²) in [6, 6.07) is 0. The molecule has 0 aromatic carbocycles. The third-order valence-electron chi connectivity index (χ3n) is 16.6. The van der Waals surface area contributed by atoms with Crippen LogP contribution >= 0.6 is 0 Å². The van der Waals surface area contributed by atoms with E-state index in [-0.39, 0.29) is 0 Å². The molecule has 37 atom stereocenters. The summed E-state index contributed by atoms with van der Waals surface area (Å²) in [7, 11) is 1.11. The third kappa shape index (κ3) is 13.6. The summed E-state index contributed by atoms with van der Waals surface area (Å²) in [5.41, 5.74) is -5.23. The van der Waals surface area contributed by atoms with Gasteiger partial charge in [-0.3, -0.25) is 0 Å². The normalized spacial score (nSPS) is 53.8. The van der Waals surface area contributed by atoms with Gasteiger partial charge in [0.1, 0.15) is 134 Å². The molecular formula is C49H82O36. The minimum absolute atomic E-state index is 0.588. The standard InChI is InChI=1S/C49H82O36/c1-12-20(54)22(56)25(59)40(72-12)80-32-18(53)9-70-43(36(32)83-41-26(60)23(57)21(55)13(2)73-41)81-33-19(8-50)78-45(35(29(33)63)82-44-34(69-7)28(62)31(15(4)75-44)77-17(6)52)84-38-46(76-16(5)49(38,68)47(66)67)79-30-14(3)74-42(27(61)24(30)58)85-48(10-51)11-71-39(65)37(48)64/h12-46,50-65,68H,8-11H2,1-7H3,(H,66,67)/t12-,13-,14-,15-,16+,17+,18-,19+,20-,21-,22+,23+,24-,25+,26+,27+,28+,29-,30-,31+,32-,33-,34-,35+,36+,37-,38-,39-,40-,41-,42-,43-,44-,45-,46+,48+,49-/m0/s1. The Morgan fingerprint density at radius 3 is 1.56 bits per heavy atom. The lowest BCUT2D eigenvalue weighted by molar-refractivity contribution is -0.409. The lowest BCUT2D eigenvalue weighted by atomic mass is 9.92. The maximum atomic E-state index is 13.2. The maximum absolute atomic E-state index is 13.2. The van der Waals surface area contributed by atoms with Gasteiger partial charge in [0.25, 0.3) is 0 Å². The molecule has 8 heterocycles. The van der Waals surface area contributed by atoms with Crippen molar-refractivity contribution in [2.45, 2.75) is 268 Å². The number of aliphatic hydroxyl groups is 17. The Balaban J connectivity index is 1.13. The van der Waals surface area contributed by atoms with E-state index in [1.54, 1.807) is 0 Å². The topological polar surface area (TPSA) is 538 Å². The van der Waals surface area contributed by atoms with Gasteiger partial charge in [0, 0.05) is 7.11 Å². The fourth-order valence-electron chi connectivity index (χ4n) is 11.4. The van der Waals surface area contributed by atoms with E-state index >= 15 is 0 Å². The fraction of sp³-hybridized carbons (Fsp3) is 0.980. The van der Waals surface area contributed by atoms with Gasteiger partial charge in [-0.15, -0.1) is 0 Å². The predicted octanol–water partition coefficient (Wildman–Crippen LogP) is -10.9. The summed E-state index contributed by atoms with van der Waals surface area (Å²) in [6.45, 7) is 4.22. The van der Waals surface area contributed by atoms with E-state index in [1.165, 1.54) is 34.6 Å². The number of hydrogen-bond acceptors (Lipinski definition) is 35. The first-order chi connectivity index (χ1) is 39.9. The minimum atomic E-state index is -3.18. The quantitative estimate of drug-likeness (QED) is 0.0503. The molecule has 8 rings (SSSR count). The van der Waals surface area contributed by atoms with E-state index in [9.17, 15) is 96.7 Å². The van der Waals surface area contributed by atoms with Crippen molar-refractivity contribution in [1.29, 1.82) is 0 Å². The SMILES string of the molecule is CO[C@@H]1[C@H](O[C@H]2[C@H](O[C@H]3[C@@H](O[C@@H]4[C@@H](O)[C@@H](O)[C@H](O[C@]5(CO)CO[C@H](O)[C@@H]5O)O[C@H]4C)O[C@H](C)[C@@]3(O)C(=O)O)O[C@H](CO)[C@H](O[C@@H]3OC[C@H](O)[C@H](O[C@@H]4O[C@@H](C)[C@H](O)[C@@H](O)[C@H]4O)[C@H]3O[C@@H]3O[C@@H](C)[C@H](O)[C@@H](O)[C@H]3O)[C@@H]2O)O[C@@H](C)[C@@H](O[C@H](C)O)[C@H]1O. The van der Waals surface area contributed by atoms with Gasteiger partial charge in [-0.25, -0.2) is 4.79 Å². The summed E-state index contributed by atoms with van der Waals surface area (Å²) in [5, 5.41) is 198. The van der Waals surface area contributed by atoms with E-state index in [2.05, 4.69) is 0 Å². The van der Waals surface area contributed by atoms with Gasteiger partial charge in [-0.1, -0.05) is 0 Å². The fourth-order valence-corrected chi connectivity index (χ4v) is 11.4. The van der Waals surface area contributed by atoms with Crippen molar-refractivity contribution >= 4 is 5.97 Å². The number of hydrogen-bond donors (Lipinski definition) is 18. The monoisotopic (exact) mass is 1250 g/mol. The first-order valence-electron chi connectivity index (χ1n) is 27.6. The number of carbonyl (C=O) groups is 1. The van der Waals surface area contributed by atoms with Crippen molar-refractivity contribution in [2.24, 2.45) is 0 Å². The smallest absolute Gasteiger partial charge is 0.341 e. The van der Waals surface area contributed by atoms with Crippen LogP contribution in [0.2, 0.25) is 0 Å². The van der Waals surface area contributed by atoms with E-state index in [4.69, 9.17) is 80.5 Å². The molecule has 0 aliphatic carbocycles. The summed E-state index contributed by atoms with van der Waals surface area (Å²) in [6.07, 6.45) is -63.7. The lowest BCUT2D eigenvalue weighted by Gasteiger charge is -2.50. The van der Waals surface area contributed by atoms with Crippen LogP contribution in [0.3, 0.4) is 0 Å². The molecule has 8 fully saturated rings. The van der Waals surface area contributed by atoms with E-state index in [0.717, 1.165) is 14.0 Å². The summed E-state index contributed by atoms with van der Waals surface area (Å²) < 4.78 is 100.